The molecule has 1 saturated carbocycles. The predicted octanol–water partition coefficient (Wildman–Crippen LogP) is 4.96. The summed E-state index contributed by atoms with van der Waals surface area (Å²) in [6.07, 6.45) is 5.15. The molecule has 0 aromatic heterocycles. The van der Waals surface area contributed by atoms with Gasteiger partial charge in [-0.25, -0.2) is 4.79 Å². The largest absolute Gasteiger partial charge is 0.326 e. The Hall–Kier alpha value is -2.82. The molecule has 1 aliphatic carbocycles. The van der Waals surface area contributed by atoms with Crippen molar-refractivity contribution in [2.75, 3.05) is 23.3 Å². The van der Waals surface area contributed by atoms with E-state index in [1.54, 1.807) is 0 Å². The van der Waals surface area contributed by atoms with E-state index >= 15 is 0 Å². The van der Waals surface area contributed by atoms with E-state index in [-0.39, 0.29) is 17.9 Å². The first-order valence-corrected chi connectivity index (χ1v) is 10.6. The molecule has 2 aromatic carbocycles. The predicted molar refractivity (Wildman–Crippen MR) is 116 cm³/mol. The Kier molecular flexibility index (Phi) is 5.84. The quantitative estimate of drug-likeness (QED) is 0.783. The van der Waals surface area contributed by atoms with Crippen molar-refractivity contribution in [3.8, 4) is 0 Å². The van der Waals surface area contributed by atoms with Crippen LogP contribution in [-0.4, -0.2) is 29.9 Å². The molecular formula is C24H29N3O2. The third-order valence-corrected chi connectivity index (χ3v) is 5.96. The fourth-order valence-electron chi connectivity index (χ4n) is 4.27. The second kappa shape index (κ2) is 8.68. The van der Waals surface area contributed by atoms with Crippen LogP contribution in [0.25, 0.3) is 0 Å². The number of nitrogens with zero attached hydrogens (tertiary/aromatic N) is 2. The molecule has 0 bridgehead atoms. The van der Waals surface area contributed by atoms with Gasteiger partial charge in [-0.3, -0.25) is 9.69 Å². The highest BCUT2D eigenvalue weighted by atomic mass is 16.2. The van der Waals surface area contributed by atoms with E-state index in [2.05, 4.69) is 36.5 Å². The highest BCUT2D eigenvalue weighted by Gasteiger charge is 2.27. The van der Waals surface area contributed by atoms with E-state index < -0.39 is 0 Å². The minimum absolute atomic E-state index is 0.0242. The van der Waals surface area contributed by atoms with Crippen molar-refractivity contribution >= 4 is 23.3 Å². The van der Waals surface area contributed by atoms with Crippen LogP contribution < -0.4 is 10.2 Å². The molecule has 2 aliphatic rings. The Morgan fingerprint density at radius 3 is 2.55 bits per heavy atom. The van der Waals surface area contributed by atoms with Crippen molar-refractivity contribution in [3.63, 3.8) is 0 Å². The summed E-state index contributed by atoms with van der Waals surface area (Å²) in [6, 6.07) is 16.0. The van der Waals surface area contributed by atoms with Gasteiger partial charge in [0, 0.05) is 36.9 Å². The van der Waals surface area contributed by atoms with Crippen LogP contribution in [-0.2, 0) is 11.3 Å². The zero-order valence-electron chi connectivity index (χ0n) is 17.1. The molecule has 4 rings (SSSR count). The molecule has 0 atom stereocenters. The molecule has 5 nitrogen and oxygen atoms in total. The summed E-state index contributed by atoms with van der Waals surface area (Å²) in [5.41, 5.74) is 3.97. The van der Waals surface area contributed by atoms with Crippen LogP contribution in [0.4, 0.5) is 16.2 Å². The Morgan fingerprint density at radius 1 is 1.03 bits per heavy atom. The maximum atomic E-state index is 13.1. The molecule has 2 fully saturated rings. The smallest absolute Gasteiger partial charge is 0.324 e. The second-order valence-electron chi connectivity index (χ2n) is 8.22. The fraction of sp³-hybridized carbons (Fsp3) is 0.417. The number of carbonyl (C=O) groups excluding carboxylic acids is 2. The molecule has 1 saturated heterocycles. The highest BCUT2D eigenvalue weighted by Crippen LogP contribution is 2.28. The molecule has 1 aliphatic heterocycles. The molecule has 0 radical (unpaired) electrons. The summed E-state index contributed by atoms with van der Waals surface area (Å²) in [5, 5.41) is 3.04. The van der Waals surface area contributed by atoms with Crippen molar-refractivity contribution in [2.45, 2.75) is 45.6 Å². The number of aryl methyl sites for hydroxylation is 1. The molecule has 3 amide bonds. The van der Waals surface area contributed by atoms with Gasteiger partial charge in [-0.05, 0) is 49.9 Å². The van der Waals surface area contributed by atoms with Crippen LogP contribution in [0, 0.1) is 12.8 Å². The summed E-state index contributed by atoms with van der Waals surface area (Å²) in [4.78, 5) is 29.3. The molecule has 1 heterocycles. The summed E-state index contributed by atoms with van der Waals surface area (Å²) in [5.74, 6) is 0.228. The Balaban J connectivity index is 1.45. The van der Waals surface area contributed by atoms with E-state index in [1.165, 1.54) is 5.56 Å². The van der Waals surface area contributed by atoms with E-state index in [0.29, 0.717) is 13.1 Å². The molecule has 29 heavy (non-hydrogen) atoms. The van der Waals surface area contributed by atoms with E-state index in [9.17, 15) is 9.59 Å². The van der Waals surface area contributed by atoms with Crippen molar-refractivity contribution in [3.05, 3.63) is 59.7 Å². The summed E-state index contributed by atoms with van der Waals surface area (Å²) in [7, 11) is 0. The van der Waals surface area contributed by atoms with Gasteiger partial charge in [-0.2, -0.15) is 0 Å². The van der Waals surface area contributed by atoms with Gasteiger partial charge in [0.15, 0.2) is 0 Å². The first kappa shape index (κ1) is 19.5. The lowest BCUT2D eigenvalue weighted by Gasteiger charge is -2.36. The topological polar surface area (TPSA) is 52.6 Å². The lowest BCUT2D eigenvalue weighted by atomic mass is 10.1. The summed E-state index contributed by atoms with van der Waals surface area (Å²) < 4.78 is 0. The SMILES string of the molecule is Cc1ccc(CN2CCCN(c3cccc(NC(=O)C4CCCC4)c3)C2=O)cc1. The molecule has 1 N–H and O–H groups in total. The molecule has 0 unspecified atom stereocenters. The number of hydrogen-bond acceptors (Lipinski definition) is 2. The number of anilines is 2. The van der Waals surface area contributed by atoms with Gasteiger partial charge in [-0.15, -0.1) is 0 Å². The Labute approximate surface area is 172 Å². The van der Waals surface area contributed by atoms with Crippen LogP contribution in [0.3, 0.4) is 0 Å². The second-order valence-corrected chi connectivity index (χ2v) is 8.22. The van der Waals surface area contributed by atoms with Gasteiger partial charge >= 0.3 is 6.03 Å². The Bertz CT molecular complexity index is 872. The minimum Gasteiger partial charge on any atom is -0.326 e. The van der Waals surface area contributed by atoms with Gasteiger partial charge < -0.3 is 10.2 Å². The average molecular weight is 392 g/mol. The van der Waals surface area contributed by atoms with Crippen molar-refractivity contribution in [2.24, 2.45) is 5.92 Å². The van der Waals surface area contributed by atoms with Crippen molar-refractivity contribution in [1.82, 2.24) is 4.90 Å². The number of hydrogen-bond donors (Lipinski definition) is 1. The van der Waals surface area contributed by atoms with Gasteiger partial charge in [0.2, 0.25) is 5.91 Å². The van der Waals surface area contributed by atoms with Crippen LogP contribution in [0.5, 0.6) is 0 Å². The standard InChI is InChI=1S/C24H29N3O2/c1-18-10-12-19(13-11-18)17-26-14-5-15-27(24(26)29)22-9-4-8-21(16-22)25-23(28)20-6-2-3-7-20/h4,8-13,16,20H,2-3,5-7,14-15,17H2,1H3,(H,25,28). The van der Waals surface area contributed by atoms with Crippen LogP contribution in [0.15, 0.2) is 48.5 Å². The molecule has 5 heteroatoms. The molecule has 0 spiro atoms. The number of urea groups is 1. The van der Waals surface area contributed by atoms with Gasteiger partial charge in [0.05, 0.1) is 0 Å². The van der Waals surface area contributed by atoms with Crippen molar-refractivity contribution < 1.29 is 9.59 Å². The van der Waals surface area contributed by atoms with E-state index in [0.717, 1.165) is 55.6 Å². The first-order valence-electron chi connectivity index (χ1n) is 10.6. The van der Waals surface area contributed by atoms with Crippen LogP contribution in [0.2, 0.25) is 0 Å². The lowest BCUT2D eigenvalue weighted by Crippen LogP contribution is -2.49. The first-order chi connectivity index (χ1) is 14.1. The van der Waals surface area contributed by atoms with E-state index in [1.807, 2.05) is 34.1 Å². The van der Waals surface area contributed by atoms with Gasteiger partial charge in [-0.1, -0.05) is 48.7 Å². The van der Waals surface area contributed by atoms with Gasteiger partial charge in [0.1, 0.15) is 0 Å². The van der Waals surface area contributed by atoms with Crippen LogP contribution in [0.1, 0.15) is 43.2 Å². The van der Waals surface area contributed by atoms with Crippen LogP contribution >= 0.6 is 0 Å². The lowest BCUT2D eigenvalue weighted by molar-refractivity contribution is -0.119. The zero-order chi connectivity index (χ0) is 20.2. The third-order valence-electron chi connectivity index (χ3n) is 5.96. The molecule has 152 valence electrons. The molecular weight excluding hydrogens is 362 g/mol. The van der Waals surface area contributed by atoms with Crippen molar-refractivity contribution in [1.29, 1.82) is 0 Å². The number of rotatable bonds is 5. The summed E-state index contributed by atoms with van der Waals surface area (Å²) in [6.45, 7) is 4.15. The highest BCUT2D eigenvalue weighted by molar-refractivity contribution is 5.96. The fourth-order valence-corrected chi connectivity index (χ4v) is 4.27. The number of nitrogens with one attached hydrogen (secondary N) is 1. The maximum Gasteiger partial charge on any atom is 0.324 e. The zero-order valence-corrected chi connectivity index (χ0v) is 17.1. The number of benzene rings is 2. The van der Waals surface area contributed by atoms with Gasteiger partial charge in [0.25, 0.3) is 0 Å². The minimum atomic E-state index is 0.0242. The number of amides is 3. The summed E-state index contributed by atoms with van der Waals surface area (Å²) >= 11 is 0. The maximum absolute atomic E-state index is 13.1. The monoisotopic (exact) mass is 391 g/mol. The average Bonchev–Trinajstić information content (AvgIpc) is 3.26. The van der Waals surface area contributed by atoms with E-state index in [4.69, 9.17) is 0 Å². The third kappa shape index (κ3) is 4.61. The Morgan fingerprint density at radius 2 is 1.79 bits per heavy atom. The molecule has 2 aromatic rings. The normalized spacial score (nSPS) is 17.6. The number of carbonyl (C=O) groups is 2.